The minimum Gasteiger partial charge on any atom is -0.350 e. The van der Waals surface area contributed by atoms with E-state index in [1.807, 2.05) is 35.0 Å². The zero-order chi connectivity index (χ0) is 17.4. The van der Waals surface area contributed by atoms with Crippen molar-refractivity contribution in [2.24, 2.45) is 5.92 Å². The van der Waals surface area contributed by atoms with Crippen LogP contribution in [-0.4, -0.2) is 20.4 Å². The molecule has 5 heteroatoms. The van der Waals surface area contributed by atoms with E-state index in [0.717, 1.165) is 28.2 Å². The van der Waals surface area contributed by atoms with E-state index in [0.29, 0.717) is 17.6 Å². The molecule has 0 aliphatic rings. The van der Waals surface area contributed by atoms with Crippen LogP contribution in [0.1, 0.15) is 24.3 Å². The number of carbonyl (C=O) groups excluding carboxylic acids is 1. The number of amides is 1. The summed E-state index contributed by atoms with van der Waals surface area (Å²) >= 11 is 0. The molecule has 25 heavy (non-hydrogen) atoms. The summed E-state index contributed by atoms with van der Waals surface area (Å²) in [5.41, 5.74) is 1.49. The summed E-state index contributed by atoms with van der Waals surface area (Å²) in [6.07, 6.45) is 3.59. The monoisotopic (exact) mass is 332 g/mol. The Balaban J connectivity index is 1.67. The molecule has 0 saturated carbocycles. The zero-order valence-corrected chi connectivity index (χ0v) is 14.3. The van der Waals surface area contributed by atoms with Gasteiger partial charge in [-0.25, -0.2) is 4.98 Å². The van der Waals surface area contributed by atoms with Gasteiger partial charge >= 0.3 is 0 Å². The summed E-state index contributed by atoms with van der Waals surface area (Å²) in [7, 11) is 0. The lowest BCUT2D eigenvalue weighted by Gasteiger charge is -2.10. The molecule has 0 atom stereocenters. The third-order valence-electron chi connectivity index (χ3n) is 4.28. The topological polar surface area (TPSA) is 62.7 Å². The highest BCUT2D eigenvalue weighted by molar-refractivity contribution is 6.11. The molecule has 0 fully saturated rings. The predicted molar refractivity (Wildman–Crippen MR) is 101 cm³/mol. The molecule has 0 spiro atoms. The van der Waals surface area contributed by atoms with E-state index in [4.69, 9.17) is 0 Å². The second kappa shape index (κ2) is 6.09. The van der Waals surface area contributed by atoms with E-state index in [1.54, 1.807) is 6.20 Å². The number of hydrogen-bond donors (Lipinski definition) is 2. The average molecular weight is 332 g/mol. The van der Waals surface area contributed by atoms with Crippen molar-refractivity contribution in [3.8, 4) is 0 Å². The maximum absolute atomic E-state index is 12.7. The zero-order valence-electron chi connectivity index (χ0n) is 14.3. The number of imidazole rings is 1. The molecule has 1 amide bonds. The molecule has 2 aromatic heterocycles. The molecule has 0 saturated heterocycles. The first-order valence-corrected chi connectivity index (χ1v) is 8.45. The van der Waals surface area contributed by atoms with E-state index in [1.165, 1.54) is 0 Å². The fourth-order valence-corrected chi connectivity index (χ4v) is 3.15. The number of rotatable bonds is 4. The van der Waals surface area contributed by atoms with Crippen molar-refractivity contribution >= 4 is 33.5 Å². The Morgan fingerprint density at radius 2 is 2.04 bits per heavy atom. The van der Waals surface area contributed by atoms with Crippen molar-refractivity contribution in [1.29, 1.82) is 0 Å². The number of carbonyl (C=O) groups is 1. The summed E-state index contributed by atoms with van der Waals surface area (Å²) in [5, 5.41) is 6.25. The lowest BCUT2D eigenvalue weighted by Crippen LogP contribution is -2.17. The van der Waals surface area contributed by atoms with Crippen LogP contribution in [0.3, 0.4) is 0 Å². The van der Waals surface area contributed by atoms with Crippen LogP contribution in [0.4, 0.5) is 5.95 Å². The van der Waals surface area contributed by atoms with Gasteiger partial charge in [-0.05, 0) is 28.8 Å². The molecular formula is C20H20N4O. The quantitative estimate of drug-likeness (QED) is 0.581. The van der Waals surface area contributed by atoms with Crippen molar-refractivity contribution in [1.82, 2.24) is 14.5 Å². The van der Waals surface area contributed by atoms with Crippen LogP contribution in [0.25, 0.3) is 21.7 Å². The number of H-pyrrole nitrogens is 1. The Bertz CT molecular complexity index is 1060. The van der Waals surface area contributed by atoms with Gasteiger partial charge in [-0.3, -0.25) is 10.1 Å². The van der Waals surface area contributed by atoms with Gasteiger partial charge in [0.05, 0.1) is 0 Å². The SMILES string of the molecule is CC(C)Cn1ccnc1NC(=O)c1cc2c(ccc3ccccc32)[nH]1. The summed E-state index contributed by atoms with van der Waals surface area (Å²) in [4.78, 5) is 20.1. The second-order valence-corrected chi connectivity index (χ2v) is 6.68. The molecule has 0 aliphatic carbocycles. The van der Waals surface area contributed by atoms with Crippen LogP contribution in [-0.2, 0) is 6.54 Å². The molecular weight excluding hydrogens is 312 g/mol. The van der Waals surface area contributed by atoms with Gasteiger partial charge < -0.3 is 9.55 Å². The van der Waals surface area contributed by atoms with Crippen LogP contribution in [0.2, 0.25) is 0 Å². The number of nitrogens with zero attached hydrogens (tertiary/aromatic N) is 2. The Hall–Kier alpha value is -3.08. The Kier molecular flexibility index (Phi) is 3.76. The van der Waals surface area contributed by atoms with Gasteiger partial charge in [-0.15, -0.1) is 0 Å². The average Bonchev–Trinajstić information content (AvgIpc) is 3.21. The summed E-state index contributed by atoms with van der Waals surface area (Å²) in [6, 6.07) is 14.1. The van der Waals surface area contributed by atoms with Crippen LogP contribution >= 0.6 is 0 Å². The van der Waals surface area contributed by atoms with Gasteiger partial charge in [0.1, 0.15) is 5.69 Å². The lowest BCUT2D eigenvalue weighted by atomic mass is 10.1. The van der Waals surface area contributed by atoms with Gasteiger partial charge in [0.2, 0.25) is 5.95 Å². The van der Waals surface area contributed by atoms with E-state index in [9.17, 15) is 4.79 Å². The molecule has 2 aromatic carbocycles. The number of benzene rings is 2. The first-order chi connectivity index (χ1) is 12.1. The van der Waals surface area contributed by atoms with E-state index in [2.05, 4.69) is 47.3 Å². The maximum atomic E-state index is 12.7. The summed E-state index contributed by atoms with van der Waals surface area (Å²) in [5.74, 6) is 0.864. The predicted octanol–water partition coefficient (Wildman–Crippen LogP) is 4.43. The van der Waals surface area contributed by atoms with Gasteiger partial charge in [0.15, 0.2) is 0 Å². The van der Waals surface area contributed by atoms with Gasteiger partial charge in [0, 0.05) is 29.8 Å². The standard InChI is InChI=1S/C20H20N4O/c1-13(2)12-24-10-9-21-20(24)23-19(25)18-11-16-15-6-4-3-5-14(15)7-8-17(16)22-18/h3-11,13,22H,12H2,1-2H3,(H,21,23,25). The van der Waals surface area contributed by atoms with Gasteiger partial charge in [-0.2, -0.15) is 0 Å². The molecule has 0 unspecified atom stereocenters. The number of aromatic amines is 1. The van der Waals surface area contributed by atoms with Crippen LogP contribution < -0.4 is 5.32 Å². The van der Waals surface area contributed by atoms with E-state index >= 15 is 0 Å². The minimum atomic E-state index is -0.184. The van der Waals surface area contributed by atoms with E-state index in [-0.39, 0.29) is 5.91 Å². The lowest BCUT2D eigenvalue weighted by molar-refractivity contribution is 0.102. The maximum Gasteiger partial charge on any atom is 0.274 e. The molecule has 0 bridgehead atoms. The number of fused-ring (bicyclic) bond motifs is 3. The molecule has 2 N–H and O–H groups in total. The van der Waals surface area contributed by atoms with Crippen molar-refractivity contribution in [2.75, 3.05) is 5.32 Å². The first kappa shape index (κ1) is 15.4. The van der Waals surface area contributed by atoms with Crippen LogP contribution in [0.15, 0.2) is 54.9 Å². The number of hydrogen-bond acceptors (Lipinski definition) is 2. The normalized spacial score (nSPS) is 11.5. The van der Waals surface area contributed by atoms with Crippen molar-refractivity contribution in [3.63, 3.8) is 0 Å². The molecule has 0 aliphatic heterocycles. The molecule has 4 rings (SSSR count). The third-order valence-corrected chi connectivity index (χ3v) is 4.28. The highest BCUT2D eigenvalue weighted by Crippen LogP contribution is 2.26. The van der Waals surface area contributed by atoms with Crippen molar-refractivity contribution in [2.45, 2.75) is 20.4 Å². The summed E-state index contributed by atoms with van der Waals surface area (Å²) in [6.45, 7) is 5.08. The molecule has 2 heterocycles. The van der Waals surface area contributed by atoms with Crippen LogP contribution in [0.5, 0.6) is 0 Å². The largest absolute Gasteiger partial charge is 0.350 e. The smallest absolute Gasteiger partial charge is 0.274 e. The Morgan fingerprint density at radius 3 is 2.88 bits per heavy atom. The van der Waals surface area contributed by atoms with E-state index < -0.39 is 0 Å². The second-order valence-electron chi connectivity index (χ2n) is 6.68. The van der Waals surface area contributed by atoms with Gasteiger partial charge in [-0.1, -0.05) is 44.2 Å². The molecule has 0 radical (unpaired) electrons. The fraction of sp³-hybridized carbons (Fsp3) is 0.200. The highest BCUT2D eigenvalue weighted by atomic mass is 16.2. The number of aromatic nitrogens is 3. The highest BCUT2D eigenvalue weighted by Gasteiger charge is 2.14. The van der Waals surface area contributed by atoms with Crippen molar-refractivity contribution < 1.29 is 4.79 Å². The number of anilines is 1. The van der Waals surface area contributed by atoms with Crippen LogP contribution in [0, 0.1) is 5.92 Å². The summed E-state index contributed by atoms with van der Waals surface area (Å²) < 4.78 is 1.96. The Labute approximate surface area is 145 Å². The Morgan fingerprint density at radius 1 is 1.20 bits per heavy atom. The van der Waals surface area contributed by atoms with Gasteiger partial charge in [0.25, 0.3) is 5.91 Å². The molecule has 4 aromatic rings. The minimum absolute atomic E-state index is 0.184. The van der Waals surface area contributed by atoms with Crippen molar-refractivity contribution in [3.05, 3.63) is 60.6 Å². The molecule has 126 valence electrons. The fourth-order valence-electron chi connectivity index (χ4n) is 3.15. The number of nitrogens with one attached hydrogen (secondary N) is 2. The first-order valence-electron chi connectivity index (χ1n) is 8.45. The molecule has 5 nitrogen and oxygen atoms in total. The third kappa shape index (κ3) is 2.89.